The highest BCUT2D eigenvalue weighted by Gasteiger charge is 2.16. The first kappa shape index (κ1) is 9.25. The van der Waals surface area contributed by atoms with Crippen LogP contribution in [-0.4, -0.2) is 20.6 Å². The Morgan fingerprint density at radius 1 is 1.75 bits per heavy atom. The fraction of sp³-hybridized carbons (Fsp3) is 0.429. The molecule has 4 nitrogen and oxygen atoms in total. The minimum atomic E-state index is -1.00. The first-order chi connectivity index (χ1) is 5.57. The van der Waals surface area contributed by atoms with Crippen LogP contribution in [0.4, 0.5) is 0 Å². The molecule has 0 spiro atoms. The number of nitrogens with zero attached hydrogens (tertiary/aromatic N) is 2. The number of rotatable bonds is 2. The molecule has 0 bridgehead atoms. The van der Waals surface area contributed by atoms with Crippen molar-refractivity contribution in [2.45, 2.75) is 13.3 Å². The Labute approximate surface area is 78.4 Å². The van der Waals surface area contributed by atoms with Crippen LogP contribution in [0.25, 0.3) is 0 Å². The molecule has 0 fully saturated rings. The van der Waals surface area contributed by atoms with E-state index in [0.29, 0.717) is 4.60 Å². The van der Waals surface area contributed by atoms with E-state index in [4.69, 9.17) is 5.11 Å². The zero-order valence-corrected chi connectivity index (χ0v) is 8.42. The second-order valence-corrected chi connectivity index (χ2v) is 3.14. The van der Waals surface area contributed by atoms with Crippen molar-refractivity contribution in [1.29, 1.82) is 0 Å². The van der Waals surface area contributed by atoms with Gasteiger partial charge in [0.25, 0.3) is 0 Å². The lowest BCUT2D eigenvalue weighted by molar-refractivity contribution is 0.0689. The van der Waals surface area contributed by atoms with Crippen molar-refractivity contribution in [1.82, 2.24) is 9.55 Å². The smallest absolute Gasteiger partial charge is 0.357 e. The quantitative estimate of drug-likeness (QED) is 0.840. The second kappa shape index (κ2) is 3.26. The van der Waals surface area contributed by atoms with E-state index in [9.17, 15) is 4.79 Å². The second-order valence-electron chi connectivity index (χ2n) is 2.39. The zero-order valence-electron chi connectivity index (χ0n) is 6.83. The lowest BCUT2D eigenvalue weighted by atomic mass is 10.4. The van der Waals surface area contributed by atoms with E-state index in [1.807, 2.05) is 6.92 Å². The molecule has 0 radical (unpaired) electrons. The van der Waals surface area contributed by atoms with Gasteiger partial charge in [0.15, 0.2) is 5.69 Å². The molecular formula is C7H9BrN2O2. The van der Waals surface area contributed by atoms with Crippen molar-refractivity contribution >= 4 is 21.9 Å². The average molecular weight is 233 g/mol. The van der Waals surface area contributed by atoms with E-state index in [2.05, 4.69) is 20.9 Å². The van der Waals surface area contributed by atoms with E-state index < -0.39 is 5.97 Å². The Morgan fingerprint density at radius 2 is 2.33 bits per heavy atom. The van der Waals surface area contributed by atoms with Gasteiger partial charge in [-0.3, -0.25) is 0 Å². The van der Waals surface area contributed by atoms with Crippen molar-refractivity contribution in [3.63, 3.8) is 0 Å². The van der Waals surface area contributed by atoms with Gasteiger partial charge in [-0.2, -0.15) is 0 Å². The van der Waals surface area contributed by atoms with Crippen LogP contribution in [0.5, 0.6) is 0 Å². The Kier molecular flexibility index (Phi) is 2.52. The maximum absolute atomic E-state index is 10.6. The summed E-state index contributed by atoms with van der Waals surface area (Å²) in [6, 6.07) is 0. The summed E-state index contributed by atoms with van der Waals surface area (Å²) in [6.07, 6.45) is 0.725. The number of aromatic carboxylic acids is 1. The van der Waals surface area contributed by atoms with Gasteiger partial charge in [0.2, 0.25) is 0 Å². The maximum Gasteiger partial charge on any atom is 0.357 e. The molecule has 0 unspecified atom stereocenters. The summed E-state index contributed by atoms with van der Waals surface area (Å²) in [5.41, 5.74) is 0.0781. The van der Waals surface area contributed by atoms with Crippen molar-refractivity contribution in [3.05, 3.63) is 16.1 Å². The standard InChI is InChI=1S/C7H9BrN2O2/c1-3-4-9-5(7(11)12)6(8)10(4)2/h3H2,1-2H3,(H,11,12). The van der Waals surface area contributed by atoms with Crippen LogP contribution in [0, 0.1) is 0 Å². The molecule has 0 aromatic carbocycles. The number of carboxylic acids is 1. The normalized spacial score (nSPS) is 10.2. The third-order valence-electron chi connectivity index (χ3n) is 1.64. The molecular weight excluding hydrogens is 224 g/mol. The van der Waals surface area contributed by atoms with E-state index >= 15 is 0 Å². The van der Waals surface area contributed by atoms with Gasteiger partial charge in [0.1, 0.15) is 10.4 Å². The lowest BCUT2D eigenvalue weighted by Crippen LogP contribution is -1.97. The van der Waals surface area contributed by atoms with Crippen LogP contribution in [0.1, 0.15) is 23.2 Å². The molecule has 0 aliphatic carbocycles. The molecule has 1 N–H and O–H groups in total. The predicted octanol–water partition coefficient (Wildman–Crippen LogP) is 1.44. The Morgan fingerprint density at radius 3 is 2.58 bits per heavy atom. The first-order valence-electron chi connectivity index (χ1n) is 3.52. The molecule has 1 aromatic heterocycles. The van der Waals surface area contributed by atoms with Crippen LogP contribution in [0.15, 0.2) is 4.60 Å². The molecule has 1 heterocycles. The van der Waals surface area contributed by atoms with Gasteiger partial charge in [0.05, 0.1) is 0 Å². The summed E-state index contributed by atoms with van der Waals surface area (Å²) in [5, 5.41) is 8.69. The molecule has 1 aromatic rings. The highest BCUT2D eigenvalue weighted by atomic mass is 79.9. The average Bonchev–Trinajstić information content (AvgIpc) is 2.30. The zero-order chi connectivity index (χ0) is 9.30. The van der Waals surface area contributed by atoms with Crippen LogP contribution < -0.4 is 0 Å². The summed E-state index contributed by atoms with van der Waals surface area (Å²) >= 11 is 3.16. The van der Waals surface area contributed by atoms with Gasteiger partial charge in [-0.1, -0.05) is 6.92 Å². The SMILES string of the molecule is CCc1nc(C(=O)O)c(Br)n1C. The number of halogens is 1. The Hall–Kier alpha value is -0.840. The molecule has 1 rings (SSSR count). The van der Waals surface area contributed by atoms with Crippen molar-refractivity contribution in [3.8, 4) is 0 Å². The summed E-state index contributed by atoms with van der Waals surface area (Å²) in [5.74, 6) is -0.239. The van der Waals surface area contributed by atoms with Gasteiger partial charge in [0, 0.05) is 13.5 Å². The van der Waals surface area contributed by atoms with Crippen molar-refractivity contribution < 1.29 is 9.90 Å². The molecule has 0 atom stereocenters. The van der Waals surface area contributed by atoms with Gasteiger partial charge < -0.3 is 9.67 Å². The number of aromatic nitrogens is 2. The van der Waals surface area contributed by atoms with E-state index in [0.717, 1.165) is 12.2 Å². The molecule has 0 saturated heterocycles. The number of aryl methyl sites for hydroxylation is 1. The summed E-state index contributed by atoms with van der Waals surface area (Å²) in [4.78, 5) is 14.5. The molecule has 66 valence electrons. The summed E-state index contributed by atoms with van der Waals surface area (Å²) in [7, 11) is 1.78. The van der Waals surface area contributed by atoms with E-state index in [1.165, 1.54) is 0 Å². The predicted molar refractivity (Wildman–Crippen MR) is 47.2 cm³/mol. The fourth-order valence-corrected chi connectivity index (χ4v) is 1.44. The third kappa shape index (κ3) is 1.36. The highest BCUT2D eigenvalue weighted by molar-refractivity contribution is 9.10. The molecule has 0 aliphatic heterocycles. The minimum Gasteiger partial charge on any atom is -0.476 e. The number of carbonyl (C=O) groups is 1. The van der Waals surface area contributed by atoms with Gasteiger partial charge in [-0.15, -0.1) is 0 Å². The number of imidazole rings is 1. The number of hydrogen-bond donors (Lipinski definition) is 1. The minimum absolute atomic E-state index is 0.0781. The molecule has 0 saturated carbocycles. The molecule has 5 heteroatoms. The number of hydrogen-bond acceptors (Lipinski definition) is 2. The summed E-state index contributed by atoms with van der Waals surface area (Å²) in [6.45, 7) is 1.93. The molecule has 0 amide bonds. The maximum atomic E-state index is 10.6. The van der Waals surface area contributed by atoms with Crippen LogP contribution in [-0.2, 0) is 13.5 Å². The van der Waals surface area contributed by atoms with Gasteiger partial charge >= 0.3 is 5.97 Å². The van der Waals surface area contributed by atoms with Crippen molar-refractivity contribution in [2.24, 2.45) is 7.05 Å². The van der Waals surface area contributed by atoms with Crippen molar-refractivity contribution in [2.75, 3.05) is 0 Å². The third-order valence-corrected chi connectivity index (χ3v) is 2.54. The van der Waals surface area contributed by atoms with Crippen LogP contribution in [0.2, 0.25) is 0 Å². The van der Waals surface area contributed by atoms with Crippen LogP contribution >= 0.6 is 15.9 Å². The van der Waals surface area contributed by atoms with Gasteiger partial charge in [-0.25, -0.2) is 9.78 Å². The largest absolute Gasteiger partial charge is 0.476 e. The lowest BCUT2D eigenvalue weighted by Gasteiger charge is -1.96. The van der Waals surface area contributed by atoms with Crippen LogP contribution in [0.3, 0.4) is 0 Å². The Bertz CT molecular complexity index is 319. The topological polar surface area (TPSA) is 55.1 Å². The van der Waals surface area contributed by atoms with E-state index in [-0.39, 0.29) is 5.69 Å². The summed E-state index contributed by atoms with van der Waals surface area (Å²) < 4.78 is 2.25. The fourth-order valence-electron chi connectivity index (χ4n) is 0.975. The number of carboxylic acid groups (broad SMARTS) is 1. The monoisotopic (exact) mass is 232 g/mol. The molecule has 12 heavy (non-hydrogen) atoms. The van der Waals surface area contributed by atoms with Gasteiger partial charge in [-0.05, 0) is 15.9 Å². The highest BCUT2D eigenvalue weighted by Crippen LogP contribution is 2.17. The first-order valence-corrected chi connectivity index (χ1v) is 4.31. The van der Waals surface area contributed by atoms with E-state index in [1.54, 1.807) is 11.6 Å². The Balaban J connectivity index is 3.25. The molecule has 0 aliphatic rings.